The van der Waals surface area contributed by atoms with Gasteiger partial charge in [-0.2, -0.15) is 0 Å². The highest BCUT2D eigenvalue weighted by Crippen LogP contribution is 2.19. The fourth-order valence-corrected chi connectivity index (χ4v) is 2.36. The Morgan fingerprint density at radius 3 is 2.52 bits per heavy atom. The first kappa shape index (κ1) is 17.7. The molecule has 0 aliphatic carbocycles. The Bertz CT molecular complexity index is 578. The van der Waals surface area contributed by atoms with Gasteiger partial charge in [0.1, 0.15) is 0 Å². The number of hydrogen-bond acceptors (Lipinski definition) is 3. The van der Waals surface area contributed by atoms with E-state index in [2.05, 4.69) is 21.2 Å². The van der Waals surface area contributed by atoms with Crippen LogP contribution in [-0.4, -0.2) is 33.1 Å². The summed E-state index contributed by atoms with van der Waals surface area (Å²) in [6.07, 6.45) is 0.257. The van der Waals surface area contributed by atoms with Gasteiger partial charge in [-0.1, -0.05) is 40.5 Å². The summed E-state index contributed by atoms with van der Waals surface area (Å²) in [6, 6.07) is 6.28. The van der Waals surface area contributed by atoms with Crippen LogP contribution in [0.5, 0.6) is 0 Å². The van der Waals surface area contributed by atoms with Crippen LogP contribution in [0, 0.1) is 0 Å². The lowest BCUT2D eigenvalue weighted by Crippen LogP contribution is -2.55. The molecule has 1 aromatic rings. The summed E-state index contributed by atoms with van der Waals surface area (Å²) in [5.41, 5.74) is -0.984. The largest absolute Gasteiger partial charge is 0.480 e. The van der Waals surface area contributed by atoms with Gasteiger partial charge < -0.3 is 10.4 Å². The minimum Gasteiger partial charge on any atom is -0.480 e. The summed E-state index contributed by atoms with van der Waals surface area (Å²) in [6.45, 7) is 3.19. The van der Waals surface area contributed by atoms with Crippen LogP contribution in [0.2, 0.25) is 5.02 Å². The molecule has 0 saturated heterocycles. The van der Waals surface area contributed by atoms with Crippen molar-refractivity contribution in [3.05, 3.63) is 34.9 Å². The minimum atomic E-state index is -1.37. The van der Waals surface area contributed by atoms with Crippen LogP contribution in [0.15, 0.2) is 24.3 Å². The predicted octanol–water partition coefficient (Wildman–Crippen LogP) is 2.66. The van der Waals surface area contributed by atoms with Crippen molar-refractivity contribution in [1.82, 2.24) is 5.32 Å². The maximum absolute atomic E-state index is 12.2. The molecule has 7 heteroatoms. The van der Waals surface area contributed by atoms with E-state index < -0.39 is 28.0 Å². The molecule has 1 amide bonds. The molecule has 0 saturated carbocycles. The van der Waals surface area contributed by atoms with Crippen molar-refractivity contribution in [1.29, 1.82) is 0 Å². The minimum absolute atomic E-state index is 0.257. The SMILES string of the molecule is CCC(C)(NC(=O)c1cccc(Cl)c1)C(=O)C(Br)C(=O)O. The molecule has 1 rings (SSSR count). The van der Waals surface area contributed by atoms with E-state index in [4.69, 9.17) is 16.7 Å². The molecule has 21 heavy (non-hydrogen) atoms. The number of aliphatic carboxylic acids is 1. The van der Waals surface area contributed by atoms with E-state index in [0.29, 0.717) is 10.6 Å². The number of carboxylic acid groups (broad SMARTS) is 1. The molecule has 2 unspecified atom stereocenters. The molecule has 0 spiro atoms. The third kappa shape index (κ3) is 4.28. The van der Waals surface area contributed by atoms with Gasteiger partial charge in [0.15, 0.2) is 10.6 Å². The average Bonchev–Trinajstić information content (AvgIpc) is 2.45. The first-order chi connectivity index (χ1) is 9.71. The fraction of sp³-hybridized carbons (Fsp3) is 0.357. The fourth-order valence-electron chi connectivity index (χ4n) is 1.67. The zero-order valence-electron chi connectivity index (χ0n) is 11.5. The molecule has 5 nitrogen and oxygen atoms in total. The van der Waals surface area contributed by atoms with Crippen molar-refractivity contribution in [3.63, 3.8) is 0 Å². The van der Waals surface area contributed by atoms with Gasteiger partial charge in [-0.25, -0.2) is 0 Å². The quantitative estimate of drug-likeness (QED) is 0.590. The standard InChI is InChI=1S/C14H15BrClNO4/c1-3-14(2,11(18)10(15)13(20)21)17-12(19)8-5-4-6-9(16)7-8/h4-7,10H,3H2,1-2H3,(H,17,19)(H,20,21). The van der Waals surface area contributed by atoms with Gasteiger partial charge in [-0.3, -0.25) is 14.4 Å². The number of benzene rings is 1. The molecule has 0 aliphatic heterocycles. The number of amides is 1. The summed E-state index contributed by atoms with van der Waals surface area (Å²) in [5.74, 6) is -2.40. The zero-order chi connectivity index (χ0) is 16.2. The number of ketones is 1. The molecule has 0 bridgehead atoms. The molecule has 2 atom stereocenters. The van der Waals surface area contributed by atoms with Crippen LogP contribution in [0.25, 0.3) is 0 Å². The molecule has 0 aromatic heterocycles. The average molecular weight is 377 g/mol. The van der Waals surface area contributed by atoms with Crippen LogP contribution in [0.3, 0.4) is 0 Å². The van der Waals surface area contributed by atoms with Crippen LogP contribution >= 0.6 is 27.5 Å². The van der Waals surface area contributed by atoms with Gasteiger partial charge in [-0.05, 0) is 31.5 Å². The Kier molecular flexibility index (Phi) is 5.92. The van der Waals surface area contributed by atoms with Crippen LogP contribution < -0.4 is 5.32 Å². The van der Waals surface area contributed by atoms with Crippen molar-refractivity contribution in [2.45, 2.75) is 30.6 Å². The van der Waals surface area contributed by atoms with Crippen LogP contribution in [0.4, 0.5) is 0 Å². The second kappa shape index (κ2) is 7.04. The van der Waals surface area contributed by atoms with Crippen molar-refractivity contribution >= 4 is 45.2 Å². The van der Waals surface area contributed by atoms with Gasteiger partial charge in [0.05, 0.1) is 5.54 Å². The first-order valence-corrected chi connectivity index (χ1v) is 7.50. The van der Waals surface area contributed by atoms with E-state index in [0.717, 1.165) is 0 Å². The number of alkyl halides is 1. The molecular formula is C14H15BrClNO4. The van der Waals surface area contributed by atoms with Gasteiger partial charge in [0, 0.05) is 10.6 Å². The molecule has 0 heterocycles. The van der Waals surface area contributed by atoms with Gasteiger partial charge >= 0.3 is 5.97 Å². The Labute approximate surface area is 135 Å². The molecule has 0 aliphatic rings. The molecule has 2 N–H and O–H groups in total. The van der Waals surface area contributed by atoms with E-state index in [1.165, 1.54) is 13.0 Å². The lowest BCUT2D eigenvalue weighted by atomic mass is 9.90. The lowest BCUT2D eigenvalue weighted by Gasteiger charge is -2.29. The third-order valence-electron chi connectivity index (χ3n) is 3.17. The molecule has 1 aromatic carbocycles. The van der Waals surface area contributed by atoms with Crippen LogP contribution in [0.1, 0.15) is 30.6 Å². The number of hydrogen-bond donors (Lipinski definition) is 2. The molecule has 114 valence electrons. The molecule has 0 radical (unpaired) electrons. The van der Waals surface area contributed by atoms with Crippen molar-refractivity contribution in [2.24, 2.45) is 0 Å². The summed E-state index contributed by atoms with van der Waals surface area (Å²) >= 11 is 8.64. The van der Waals surface area contributed by atoms with Crippen molar-refractivity contribution in [3.8, 4) is 0 Å². The van der Waals surface area contributed by atoms with Crippen molar-refractivity contribution < 1.29 is 19.5 Å². The summed E-state index contributed by atoms with van der Waals surface area (Å²) in [7, 11) is 0. The normalized spacial score (nSPS) is 14.9. The van der Waals surface area contributed by atoms with E-state index >= 15 is 0 Å². The molecule has 0 fully saturated rings. The van der Waals surface area contributed by atoms with E-state index in [1.807, 2.05) is 0 Å². The number of carboxylic acids is 1. The van der Waals surface area contributed by atoms with Crippen molar-refractivity contribution in [2.75, 3.05) is 0 Å². The summed E-state index contributed by atoms with van der Waals surface area (Å²) in [5, 5.41) is 11.9. The number of carbonyl (C=O) groups excluding carboxylic acids is 2. The number of rotatable bonds is 6. The highest BCUT2D eigenvalue weighted by atomic mass is 79.9. The predicted molar refractivity (Wildman–Crippen MR) is 83.0 cm³/mol. The lowest BCUT2D eigenvalue weighted by molar-refractivity contribution is -0.140. The second-order valence-electron chi connectivity index (χ2n) is 4.72. The number of Topliss-reactive ketones (excluding diaryl/α,β-unsaturated/α-hetero) is 1. The smallest absolute Gasteiger partial charge is 0.325 e. The van der Waals surface area contributed by atoms with Gasteiger partial charge in [0.2, 0.25) is 0 Å². The maximum Gasteiger partial charge on any atom is 0.325 e. The molecular weight excluding hydrogens is 362 g/mol. The van der Waals surface area contributed by atoms with E-state index in [1.54, 1.807) is 25.1 Å². The first-order valence-electron chi connectivity index (χ1n) is 6.20. The van der Waals surface area contributed by atoms with E-state index in [9.17, 15) is 14.4 Å². The highest BCUT2D eigenvalue weighted by molar-refractivity contribution is 9.10. The summed E-state index contributed by atoms with van der Waals surface area (Å²) in [4.78, 5) is 33.9. The monoisotopic (exact) mass is 375 g/mol. The van der Waals surface area contributed by atoms with Gasteiger partial charge in [0.25, 0.3) is 5.91 Å². The Balaban J connectivity index is 2.98. The Hall–Kier alpha value is -1.40. The number of carbonyl (C=O) groups is 3. The Morgan fingerprint density at radius 2 is 2.05 bits per heavy atom. The number of halogens is 2. The zero-order valence-corrected chi connectivity index (χ0v) is 13.9. The summed E-state index contributed by atoms with van der Waals surface area (Å²) < 4.78 is 0. The number of nitrogens with one attached hydrogen (secondary N) is 1. The third-order valence-corrected chi connectivity index (χ3v) is 4.22. The van der Waals surface area contributed by atoms with E-state index in [-0.39, 0.29) is 6.42 Å². The van der Waals surface area contributed by atoms with Crippen LogP contribution in [-0.2, 0) is 9.59 Å². The van der Waals surface area contributed by atoms with Gasteiger partial charge in [-0.15, -0.1) is 0 Å². The maximum atomic E-state index is 12.2. The topological polar surface area (TPSA) is 83.5 Å². The highest BCUT2D eigenvalue weighted by Gasteiger charge is 2.39. The second-order valence-corrected chi connectivity index (χ2v) is 6.07. The Morgan fingerprint density at radius 1 is 1.43 bits per heavy atom.